The summed E-state index contributed by atoms with van der Waals surface area (Å²) in [5.41, 5.74) is 6.00. The molecule has 6 heteroatoms. The van der Waals surface area contributed by atoms with E-state index in [0.717, 1.165) is 18.8 Å². The lowest BCUT2D eigenvalue weighted by Crippen LogP contribution is -2.37. The Kier molecular flexibility index (Phi) is 4.19. The van der Waals surface area contributed by atoms with Gasteiger partial charge in [-0.1, -0.05) is 24.9 Å². The van der Waals surface area contributed by atoms with Crippen molar-refractivity contribution in [3.63, 3.8) is 0 Å². The van der Waals surface area contributed by atoms with Crippen LogP contribution in [0.2, 0.25) is 0 Å². The van der Waals surface area contributed by atoms with E-state index < -0.39 is 0 Å². The maximum absolute atomic E-state index is 8.69. The Morgan fingerprint density at radius 2 is 2.32 bits per heavy atom. The SMILES string of the molecule is CC1CCCC(N(C)c2nccc(/C(N)=N/O)n2)C1. The van der Waals surface area contributed by atoms with E-state index in [4.69, 9.17) is 10.9 Å². The normalized spacial score (nSPS) is 24.2. The topological polar surface area (TPSA) is 87.6 Å². The highest BCUT2D eigenvalue weighted by molar-refractivity contribution is 5.95. The number of amidine groups is 1. The Morgan fingerprint density at radius 3 is 3.00 bits per heavy atom. The van der Waals surface area contributed by atoms with Crippen LogP contribution >= 0.6 is 0 Å². The third-order valence-corrected chi connectivity index (χ3v) is 3.78. The molecule has 0 aromatic carbocycles. The zero-order chi connectivity index (χ0) is 13.8. The first-order chi connectivity index (χ1) is 9.11. The van der Waals surface area contributed by atoms with E-state index in [1.54, 1.807) is 12.3 Å². The molecule has 19 heavy (non-hydrogen) atoms. The highest BCUT2D eigenvalue weighted by Crippen LogP contribution is 2.28. The molecular weight excluding hydrogens is 242 g/mol. The van der Waals surface area contributed by atoms with Crippen LogP contribution < -0.4 is 10.6 Å². The molecule has 0 aliphatic heterocycles. The van der Waals surface area contributed by atoms with Crippen LogP contribution in [-0.4, -0.2) is 34.1 Å². The molecule has 0 bridgehead atoms. The second kappa shape index (κ2) is 5.86. The van der Waals surface area contributed by atoms with Gasteiger partial charge in [0.05, 0.1) is 0 Å². The van der Waals surface area contributed by atoms with Crippen LogP contribution in [0.4, 0.5) is 5.95 Å². The fourth-order valence-electron chi connectivity index (χ4n) is 2.63. The third-order valence-electron chi connectivity index (χ3n) is 3.78. The summed E-state index contributed by atoms with van der Waals surface area (Å²) in [7, 11) is 2.01. The van der Waals surface area contributed by atoms with E-state index in [2.05, 4.69) is 26.9 Å². The van der Waals surface area contributed by atoms with Crippen LogP contribution in [0.1, 0.15) is 38.3 Å². The van der Waals surface area contributed by atoms with Crippen LogP contribution in [0.15, 0.2) is 17.4 Å². The van der Waals surface area contributed by atoms with Crippen molar-refractivity contribution < 1.29 is 5.21 Å². The maximum Gasteiger partial charge on any atom is 0.225 e. The van der Waals surface area contributed by atoms with Crippen LogP contribution in [0.3, 0.4) is 0 Å². The smallest absolute Gasteiger partial charge is 0.225 e. The molecule has 0 saturated heterocycles. The lowest BCUT2D eigenvalue weighted by Gasteiger charge is -2.34. The van der Waals surface area contributed by atoms with E-state index in [-0.39, 0.29) is 5.84 Å². The van der Waals surface area contributed by atoms with Crippen LogP contribution in [-0.2, 0) is 0 Å². The highest BCUT2D eigenvalue weighted by atomic mass is 16.4. The van der Waals surface area contributed by atoms with Crippen LogP contribution in [0.5, 0.6) is 0 Å². The summed E-state index contributed by atoms with van der Waals surface area (Å²) in [6.45, 7) is 2.29. The predicted molar refractivity (Wildman–Crippen MR) is 74.4 cm³/mol. The maximum atomic E-state index is 8.69. The van der Waals surface area contributed by atoms with Crippen LogP contribution in [0.25, 0.3) is 0 Å². The monoisotopic (exact) mass is 263 g/mol. The van der Waals surface area contributed by atoms with E-state index in [9.17, 15) is 0 Å². The molecule has 1 fully saturated rings. The first-order valence-electron chi connectivity index (χ1n) is 6.65. The van der Waals surface area contributed by atoms with Gasteiger partial charge in [0.1, 0.15) is 5.69 Å². The minimum atomic E-state index is 0.00839. The van der Waals surface area contributed by atoms with Gasteiger partial charge >= 0.3 is 0 Å². The molecule has 0 radical (unpaired) electrons. The van der Waals surface area contributed by atoms with Gasteiger partial charge in [-0.15, -0.1) is 0 Å². The predicted octanol–water partition coefficient (Wildman–Crippen LogP) is 1.59. The van der Waals surface area contributed by atoms with E-state index >= 15 is 0 Å². The number of hydrogen-bond donors (Lipinski definition) is 2. The molecular formula is C13H21N5O. The molecule has 1 aliphatic carbocycles. The van der Waals surface area contributed by atoms with Gasteiger partial charge in [-0.25, -0.2) is 9.97 Å². The van der Waals surface area contributed by atoms with Gasteiger partial charge in [0.2, 0.25) is 5.95 Å². The molecule has 0 spiro atoms. The number of hydrogen-bond acceptors (Lipinski definition) is 5. The second-order valence-corrected chi connectivity index (χ2v) is 5.26. The molecule has 1 aromatic heterocycles. The van der Waals surface area contributed by atoms with Crippen molar-refractivity contribution >= 4 is 11.8 Å². The molecule has 2 rings (SSSR count). The van der Waals surface area contributed by atoms with Crippen molar-refractivity contribution in [3.05, 3.63) is 18.0 Å². The minimum absolute atomic E-state index is 0.00839. The molecule has 2 atom stereocenters. The van der Waals surface area contributed by atoms with Crippen LogP contribution in [0, 0.1) is 5.92 Å². The second-order valence-electron chi connectivity index (χ2n) is 5.26. The Balaban J connectivity index is 2.16. The molecule has 1 aromatic rings. The van der Waals surface area contributed by atoms with Gasteiger partial charge in [-0.3, -0.25) is 0 Å². The summed E-state index contributed by atoms with van der Waals surface area (Å²) in [5.74, 6) is 1.38. The fourth-order valence-corrected chi connectivity index (χ4v) is 2.63. The van der Waals surface area contributed by atoms with Crippen molar-refractivity contribution in [2.24, 2.45) is 16.8 Å². The Hall–Kier alpha value is -1.85. The van der Waals surface area contributed by atoms with Crippen molar-refractivity contribution in [3.8, 4) is 0 Å². The number of nitrogens with two attached hydrogens (primary N) is 1. The lowest BCUT2D eigenvalue weighted by molar-refractivity contribution is 0.318. The van der Waals surface area contributed by atoms with Crippen molar-refractivity contribution in [2.75, 3.05) is 11.9 Å². The summed E-state index contributed by atoms with van der Waals surface area (Å²) in [4.78, 5) is 10.7. The number of rotatable bonds is 3. The fraction of sp³-hybridized carbons (Fsp3) is 0.615. The Labute approximate surface area is 113 Å². The number of oxime groups is 1. The van der Waals surface area contributed by atoms with Crippen molar-refractivity contribution in [1.29, 1.82) is 0 Å². The average molecular weight is 263 g/mol. The zero-order valence-electron chi connectivity index (χ0n) is 11.5. The summed E-state index contributed by atoms with van der Waals surface area (Å²) >= 11 is 0. The van der Waals surface area contributed by atoms with Gasteiger partial charge in [-0.2, -0.15) is 0 Å². The van der Waals surface area contributed by atoms with E-state index in [0.29, 0.717) is 17.7 Å². The molecule has 0 amide bonds. The largest absolute Gasteiger partial charge is 0.409 e. The molecule has 1 saturated carbocycles. The number of nitrogens with zero attached hydrogens (tertiary/aromatic N) is 4. The summed E-state index contributed by atoms with van der Waals surface area (Å²) in [5, 5.41) is 11.7. The summed E-state index contributed by atoms with van der Waals surface area (Å²) in [6.07, 6.45) is 6.51. The van der Waals surface area contributed by atoms with Gasteiger partial charge < -0.3 is 15.8 Å². The lowest BCUT2D eigenvalue weighted by atomic mass is 9.86. The standard InChI is InChI=1S/C13H21N5O/c1-9-4-3-5-10(8-9)18(2)13-15-7-6-11(16-13)12(14)17-19/h6-7,9-10,19H,3-5,8H2,1-2H3,(H2,14,17). The van der Waals surface area contributed by atoms with Gasteiger partial charge in [0.15, 0.2) is 5.84 Å². The number of anilines is 1. The van der Waals surface area contributed by atoms with Gasteiger partial charge in [-0.05, 0) is 24.8 Å². The van der Waals surface area contributed by atoms with Crippen molar-refractivity contribution in [1.82, 2.24) is 9.97 Å². The summed E-state index contributed by atoms with van der Waals surface area (Å²) in [6, 6.07) is 2.10. The average Bonchev–Trinajstić information content (AvgIpc) is 2.45. The highest BCUT2D eigenvalue weighted by Gasteiger charge is 2.24. The Bertz CT molecular complexity index is 462. The van der Waals surface area contributed by atoms with Gasteiger partial charge in [0, 0.05) is 19.3 Å². The minimum Gasteiger partial charge on any atom is -0.409 e. The molecule has 6 nitrogen and oxygen atoms in total. The first kappa shape index (κ1) is 13.6. The number of aromatic nitrogens is 2. The molecule has 1 heterocycles. The van der Waals surface area contributed by atoms with E-state index in [1.807, 2.05) is 7.05 Å². The Morgan fingerprint density at radius 1 is 1.53 bits per heavy atom. The molecule has 2 unspecified atom stereocenters. The van der Waals surface area contributed by atoms with Gasteiger partial charge in [0.25, 0.3) is 0 Å². The molecule has 104 valence electrons. The summed E-state index contributed by atoms with van der Waals surface area (Å²) < 4.78 is 0. The van der Waals surface area contributed by atoms with E-state index in [1.165, 1.54) is 12.8 Å². The quantitative estimate of drug-likeness (QED) is 0.374. The molecule has 1 aliphatic rings. The molecule has 3 N–H and O–H groups in total. The first-order valence-corrected chi connectivity index (χ1v) is 6.65. The van der Waals surface area contributed by atoms with Crippen molar-refractivity contribution in [2.45, 2.75) is 38.6 Å². The zero-order valence-corrected chi connectivity index (χ0v) is 11.5. The third kappa shape index (κ3) is 3.13.